The normalized spacial score (nSPS) is 19.0. The Morgan fingerprint density at radius 1 is 1.33 bits per heavy atom. The minimum atomic E-state index is 0. The zero-order valence-corrected chi connectivity index (χ0v) is 11.7. The van der Waals surface area contributed by atoms with E-state index in [1.807, 2.05) is 0 Å². The van der Waals surface area contributed by atoms with Gasteiger partial charge in [-0.2, -0.15) is 6.08 Å². The largest absolute Gasteiger partial charge is 0.269 e. The molecular formula is C9H15Cl2Zr-. The maximum absolute atomic E-state index is 3.29. The second kappa shape index (κ2) is 8.54. The van der Waals surface area contributed by atoms with E-state index in [1.165, 1.54) is 5.57 Å². The third-order valence-corrected chi connectivity index (χ3v) is 1.66. The molecule has 0 bridgehead atoms. The number of hydrogen-bond donors (Lipinski definition) is 0. The van der Waals surface area contributed by atoms with Gasteiger partial charge in [-0.3, -0.25) is 6.08 Å². The third kappa shape index (κ3) is 5.57. The van der Waals surface area contributed by atoms with Crippen molar-refractivity contribution in [3.05, 3.63) is 23.8 Å². The first-order valence-electron chi connectivity index (χ1n) is 3.48. The van der Waals surface area contributed by atoms with Gasteiger partial charge in [0.2, 0.25) is 0 Å². The number of hydrogen-bond acceptors (Lipinski definition) is 0. The molecule has 0 N–H and O–H groups in total. The minimum Gasteiger partial charge on any atom is -0.269 e. The van der Waals surface area contributed by atoms with Crippen LogP contribution in [0.1, 0.15) is 20.8 Å². The molecule has 1 atom stereocenters. The van der Waals surface area contributed by atoms with Gasteiger partial charge in [0.25, 0.3) is 0 Å². The van der Waals surface area contributed by atoms with Crippen LogP contribution in [0.25, 0.3) is 0 Å². The molecule has 1 aliphatic rings. The Bertz CT molecular complexity index is 162. The first kappa shape index (κ1) is 18.7. The van der Waals surface area contributed by atoms with Gasteiger partial charge in [-0.15, -0.1) is 31.7 Å². The van der Waals surface area contributed by atoms with Crippen molar-refractivity contribution in [1.29, 1.82) is 0 Å². The van der Waals surface area contributed by atoms with Crippen molar-refractivity contribution in [2.45, 2.75) is 20.8 Å². The van der Waals surface area contributed by atoms with Crippen LogP contribution in [-0.2, 0) is 26.2 Å². The Kier molecular flexibility index (Phi) is 13.3. The summed E-state index contributed by atoms with van der Waals surface area (Å²) in [6.07, 6.45) is 7.63. The predicted molar refractivity (Wildman–Crippen MR) is 54.4 cm³/mol. The fourth-order valence-corrected chi connectivity index (χ4v) is 0.992. The van der Waals surface area contributed by atoms with E-state index in [0.717, 1.165) is 0 Å². The van der Waals surface area contributed by atoms with E-state index in [1.54, 1.807) is 0 Å². The summed E-state index contributed by atoms with van der Waals surface area (Å²) in [4.78, 5) is 0. The molecule has 0 nitrogen and oxygen atoms in total. The monoisotopic (exact) mass is 283 g/mol. The fourth-order valence-electron chi connectivity index (χ4n) is 0.992. The molecule has 0 radical (unpaired) electrons. The van der Waals surface area contributed by atoms with Crippen molar-refractivity contribution in [3.63, 3.8) is 0 Å². The minimum absolute atomic E-state index is 0. The molecule has 0 saturated carbocycles. The molecule has 0 aromatic carbocycles. The molecule has 0 saturated heterocycles. The van der Waals surface area contributed by atoms with Crippen LogP contribution >= 0.6 is 24.8 Å². The number of rotatable bonds is 1. The van der Waals surface area contributed by atoms with Crippen LogP contribution in [-0.4, -0.2) is 0 Å². The van der Waals surface area contributed by atoms with E-state index in [9.17, 15) is 0 Å². The van der Waals surface area contributed by atoms with Crippen molar-refractivity contribution in [2.75, 3.05) is 0 Å². The summed E-state index contributed by atoms with van der Waals surface area (Å²) in [5, 5.41) is 0. The van der Waals surface area contributed by atoms with Gasteiger partial charge in [-0.05, 0) is 0 Å². The van der Waals surface area contributed by atoms with Crippen LogP contribution in [0.2, 0.25) is 0 Å². The van der Waals surface area contributed by atoms with E-state index in [-0.39, 0.29) is 51.0 Å². The summed E-state index contributed by atoms with van der Waals surface area (Å²) in [6, 6.07) is 0. The van der Waals surface area contributed by atoms with E-state index in [0.29, 0.717) is 11.8 Å². The van der Waals surface area contributed by atoms with Crippen LogP contribution in [0.15, 0.2) is 17.7 Å². The molecular weight excluding hydrogens is 270 g/mol. The van der Waals surface area contributed by atoms with Crippen molar-refractivity contribution >= 4 is 24.8 Å². The first-order chi connectivity index (χ1) is 4.20. The van der Waals surface area contributed by atoms with E-state index < -0.39 is 0 Å². The Balaban J connectivity index is -0.000000270. The topological polar surface area (TPSA) is 0 Å². The molecule has 70 valence electrons. The van der Waals surface area contributed by atoms with E-state index in [2.05, 4.69) is 39.0 Å². The number of allylic oxidation sites excluding steroid dienone is 4. The summed E-state index contributed by atoms with van der Waals surface area (Å²) in [6.45, 7) is 6.57. The summed E-state index contributed by atoms with van der Waals surface area (Å²) >= 11 is 0. The Morgan fingerprint density at radius 2 is 1.83 bits per heavy atom. The van der Waals surface area contributed by atoms with Gasteiger partial charge in [0.1, 0.15) is 0 Å². The standard InChI is InChI=1S/C9H13.2ClH.Zr/c1-7(2)9-5-4-8(3)6-9;;;/h4,6-7,9H,1-3H3;2*1H;/q-1;;;. The van der Waals surface area contributed by atoms with Crippen molar-refractivity contribution in [2.24, 2.45) is 11.8 Å². The van der Waals surface area contributed by atoms with Crippen LogP contribution in [0.4, 0.5) is 0 Å². The molecule has 0 aliphatic heterocycles. The average Bonchev–Trinajstić information content (AvgIpc) is 2.14. The molecule has 0 aromatic rings. The Hall–Kier alpha value is 0.943. The second-order valence-corrected chi connectivity index (χ2v) is 2.99. The molecule has 1 rings (SSSR count). The van der Waals surface area contributed by atoms with Gasteiger partial charge in [0.15, 0.2) is 0 Å². The van der Waals surface area contributed by atoms with Gasteiger partial charge >= 0.3 is 0 Å². The Labute approximate surface area is 107 Å². The molecule has 0 fully saturated rings. The van der Waals surface area contributed by atoms with E-state index in [4.69, 9.17) is 0 Å². The van der Waals surface area contributed by atoms with Gasteiger partial charge in [-0.25, -0.2) is 11.6 Å². The average molecular weight is 285 g/mol. The SMILES string of the molecule is CC1=CC(C(C)C)[C-]=C1.Cl.Cl.[Zr]. The molecule has 12 heavy (non-hydrogen) atoms. The van der Waals surface area contributed by atoms with Crippen LogP contribution in [0.3, 0.4) is 0 Å². The van der Waals surface area contributed by atoms with Crippen molar-refractivity contribution in [1.82, 2.24) is 0 Å². The fraction of sp³-hybridized carbons (Fsp3) is 0.556. The smallest absolute Gasteiger partial charge is 0 e. The zero-order valence-electron chi connectivity index (χ0n) is 7.63. The van der Waals surface area contributed by atoms with Gasteiger partial charge in [0, 0.05) is 26.2 Å². The summed E-state index contributed by atoms with van der Waals surface area (Å²) in [5.41, 5.74) is 1.36. The first-order valence-corrected chi connectivity index (χ1v) is 3.48. The third-order valence-electron chi connectivity index (χ3n) is 1.66. The van der Waals surface area contributed by atoms with Gasteiger partial charge < -0.3 is 0 Å². The molecule has 0 spiro atoms. The van der Waals surface area contributed by atoms with Crippen LogP contribution in [0, 0.1) is 17.9 Å². The zero-order chi connectivity index (χ0) is 6.85. The van der Waals surface area contributed by atoms with Gasteiger partial charge in [-0.1, -0.05) is 25.7 Å². The van der Waals surface area contributed by atoms with Crippen LogP contribution < -0.4 is 0 Å². The maximum atomic E-state index is 3.29. The number of halogens is 2. The molecule has 1 unspecified atom stereocenters. The van der Waals surface area contributed by atoms with Crippen molar-refractivity contribution in [3.8, 4) is 0 Å². The summed E-state index contributed by atoms with van der Waals surface area (Å²) in [5.74, 6) is 1.28. The summed E-state index contributed by atoms with van der Waals surface area (Å²) in [7, 11) is 0. The molecule has 1 aliphatic carbocycles. The van der Waals surface area contributed by atoms with Crippen molar-refractivity contribution < 1.29 is 26.2 Å². The quantitative estimate of drug-likeness (QED) is 0.648. The van der Waals surface area contributed by atoms with Gasteiger partial charge in [0.05, 0.1) is 0 Å². The second-order valence-electron chi connectivity index (χ2n) is 2.99. The van der Waals surface area contributed by atoms with E-state index >= 15 is 0 Å². The maximum Gasteiger partial charge on any atom is 0 e. The Morgan fingerprint density at radius 3 is 2.00 bits per heavy atom. The predicted octanol–water partition coefficient (Wildman–Crippen LogP) is 3.42. The molecule has 3 heteroatoms. The molecule has 0 aromatic heterocycles. The summed E-state index contributed by atoms with van der Waals surface area (Å²) < 4.78 is 0. The molecule has 0 heterocycles. The molecule has 0 amide bonds. The van der Waals surface area contributed by atoms with Crippen LogP contribution in [0.5, 0.6) is 0 Å².